The Morgan fingerprint density at radius 3 is 2.60 bits per heavy atom. The largest absolute Gasteiger partial charge is 0.310 e. The molecule has 0 atom stereocenters. The number of nitrogens with zero attached hydrogens (tertiary/aromatic N) is 1. The van der Waals surface area contributed by atoms with Gasteiger partial charge in [0, 0.05) is 33.4 Å². The first-order valence-electron chi connectivity index (χ1n) is 5.03. The van der Waals surface area contributed by atoms with Crippen molar-refractivity contribution in [2.75, 3.05) is 20.6 Å². The fourth-order valence-electron chi connectivity index (χ4n) is 1.10. The Morgan fingerprint density at radius 2 is 2.13 bits per heavy atom. The third-order valence-electron chi connectivity index (χ3n) is 2.69. The van der Waals surface area contributed by atoms with Crippen molar-refractivity contribution in [3.05, 3.63) is 20.8 Å². The van der Waals surface area contributed by atoms with E-state index >= 15 is 0 Å². The number of nitrogens with one attached hydrogen (secondary N) is 1. The van der Waals surface area contributed by atoms with Crippen LogP contribution in [0, 0.1) is 0 Å². The standard InChI is InChI=1S/C11H19BrN2S/c1-11(2,14(3)4)8-13-6-10-5-9(12)7-15-10/h5,7,13H,6,8H2,1-4H3. The van der Waals surface area contributed by atoms with E-state index in [1.165, 1.54) is 9.35 Å². The topological polar surface area (TPSA) is 15.3 Å². The molecule has 4 heteroatoms. The molecule has 0 saturated heterocycles. The average Bonchev–Trinajstić information content (AvgIpc) is 2.51. The van der Waals surface area contributed by atoms with E-state index in [4.69, 9.17) is 0 Å². The molecular weight excluding hydrogens is 272 g/mol. The second-order valence-electron chi connectivity index (χ2n) is 4.54. The predicted molar refractivity (Wildman–Crippen MR) is 71.5 cm³/mol. The zero-order chi connectivity index (χ0) is 11.5. The molecule has 0 bridgehead atoms. The molecule has 0 saturated carbocycles. The molecule has 2 nitrogen and oxygen atoms in total. The Labute approximate surface area is 105 Å². The molecular formula is C11H19BrN2S. The SMILES string of the molecule is CN(C)C(C)(C)CNCc1cc(Br)cs1. The molecule has 0 aliphatic carbocycles. The molecule has 1 rings (SSSR count). The molecule has 0 fully saturated rings. The number of rotatable bonds is 5. The van der Waals surface area contributed by atoms with Gasteiger partial charge in [-0.1, -0.05) is 0 Å². The molecule has 0 unspecified atom stereocenters. The lowest BCUT2D eigenvalue weighted by molar-refractivity contribution is 0.190. The second kappa shape index (κ2) is 5.43. The van der Waals surface area contributed by atoms with Crippen LogP contribution in [0.3, 0.4) is 0 Å². The maximum absolute atomic E-state index is 3.48. The maximum atomic E-state index is 3.48. The van der Waals surface area contributed by atoms with Gasteiger partial charge in [0.15, 0.2) is 0 Å². The van der Waals surface area contributed by atoms with Crippen LogP contribution in [0.5, 0.6) is 0 Å². The Morgan fingerprint density at radius 1 is 1.47 bits per heavy atom. The summed E-state index contributed by atoms with van der Waals surface area (Å²) >= 11 is 5.25. The van der Waals surface area contributed by atoms with E-state index in [9.17, 15) is 0 Å². The summed E-state index contributed by atoms with van der Waals surface area (Å²) in [5, 5.41) is 5.60. The minimum absolute atomic E-state index is 0.203. The second-order valence-corrected chi connectivity index (χ2v) is 6.45. The highest BCUT2D eigenvalue weighted by Crippen LogP contribution is 2.19. The first-order chi connectivity index (χ1) is 6.92. The normalized spacial score (nSPS) is 12.4. The lowest BCUT2D eigenvalue weighted by atomic mass is 10.0. The molecule has 0 spiro atoms. The van der Waals surface area contributed by atoms with Crippen LogP contribution in [0.1, 0.15) is 18.7 Å². The van der Waals surface area contributed by atoms with Gasteiger partial charge in [-0.2, -0.15) is 0 Å². The number of hydrogen-bond acceptors (Lipinski definition) is 3. The van der Waals surface area contributed by atoms with E-state index in [1.807, 2.05) is 0 Å². The molecule has 0 aliphatic rings. The quantitative estimate of drug-likeness (QED) is 0.897. The smallest absolute Gasteiger partial charge is 0.0300 e. The first kappa shape index (κ1) is 13.2. The van der Waals surface area contributed by atoms with Crippen molar-refractivity contribution in [2.45, 2.75) is 25.9 Å². The molecule has 1 N–H and O–H groups in total. The van der Waals surface area contributed by atoms with Gasteiger partial charge in [0.1, 0.15) is 0 Å². The molecule has 1 aromatic rings. The molecule has 0 radical (unpaired) electrons. The zero-order valence-electron chi connectivity index (χ0n) is 9.80. The number of hydrogen-bond donors (Lipinski definition) is 1. The van der Waals surface area contributed by atoms with Gasteiger partial charge < -0.3 is 10.2 Å². The van der Waals surface area contributed by atoms with E-state index in [-0.39, 0.29) is 5.54 Å². The Kier molecular flexibility index (Phi) is 4.77. The molecule has 0 amide bonds. The third kappa shape index (κ3) is 4.23. The highest BCUT2D eigenvalue weighted by molar-refractivity contribution is 9.10. The van der Waals surface area contributed by atoms with Crippen molar-refractivity contribution in [1.29, 1.82) is 0 Å². The van der Waals surface area contributed by atoms with Crippen molar-refractivity contribution in [2.24, 2.45) is 0 Å². The summed E-state index contributed by atoms with van der Waals surface area (Å²) in [4.78, 5) is 3.61. The van der Waals surface area contributed by atoms with Gasteiger partial charge in [0.25, 0.3) is 0 Å². The average molecular weight is 291 g/mol. The fraction of sp³-hybridized carbons (Fsp3) is 0.636. The van der Waals surface area contributed by atoms with Gasteiger partial charge in [-0.15, -0.1) is 11.3 Å². The van der Waals surface area contributed by atoms with Crippen molar-refractivity contribution in [3.63, 3.8) is 0 Å². The van der Waals surface area contributed by atoms with Crippen LogP contribution in [0.15, 0.2) is 15.9 Å². The van der Waals surface area contributed by atoms with Crippen LogP contribution >= 0.6 is 27.3 Å². The van der Waals surface area contributed by atoms with Gasteiger partial charge in [0.05, 0.1) is 0 Å². The number of likely N-dealkylation sites (N-methyl/N-ethyl adjacent to an activating group) is 1. The van der Waals surface area contributed by atoms with Gasteiger partial charge in [-0.05, 0) is 49.9 Å². The van der Waals surface area contributed by atoms with Gasteiger partial charge in [-0.25, -0.2) is 0 Å². The summed E-state index contributed by atoms with van der Waals surface area (Å²) in [5.41, 5.74) is 0.203. The Hall–Kier alpha value is 0.1000. The van der Waals surface area contributed by atoms with Crippen LogP contribution in [-0.2, 0) is 6.54 Å². The van der Waals surface area contributed by atoms with Crippen molar-refractivity contribution < 1.29 is 0 Å². The highest BCUT2D eigenvalue weighted by atomic mass is 79.9. The fourth-order valence-corrected chi connectivity index (χ4v) is 2.52. The molecule has 0 aliphatic heterocycles. The minimum Gasteiger partial charge on any atom is -0.310 e. The highest BCUT2D eigenvalue weighted by Gasteiger charge is 2.19. The van der Waals surface area contributed by atoms with Crippen LogP contribution in [0.25, 0.3) is 0 Å². The van der Waals surface area contributed by atoms with Crippen molar-refractivity contribution in [1.82, 2.24) is 10.2 Å². The van der Waals surface area contributed by atoms with Gasteiger partial charge in [-0.3, -0.25) is 0 Å². The molecule has 0 aromatic carbocycles. The summed E-state index contributed by atoms with van der Waals surface area (Å²) in [6.07, 6.45) is 0. The van der Waals surface area contributed by atoms with E-state index < -0.39 is 0 Å². The first-order valence-corrected chi connectivity index (χ1v) is 6.70. The summed E-state index contributed by atoms with van der Waals surface area (Å²) in [7, 11) is 4.23. The summed E-state index contributed by atoms with van der Waals surface area (Å²) in [6.45, 7) is 6.43. The van der Waals surface area contributed by atoms with Crippen LogP contribution < -0.4 is 5.32 Å². The van der Waals surface area contributed by atoms with E-state index in [2.05, 4.69) is 65.5 Å². The molecule has 1 aromatic heterocycles. The summed E-state index contributed by atoms with van der Waals surface area (Å²) in [5.74, 6) is 0. The lowest BCUT2D eigenvalue weighted by Crippen LogP contribution is -2.46. The number of halogens is 1. The van der Waals surface area contributed by atoms with E-state index in [0.29, 0.717) is 0 Å². The monoisotopic (exact) mass is 290 g/mol. The predicted octanol–water partition coefficient (Wildman–Crippen LogP) is 2.94. The van der Waals surface area contributed by atoms with Crippen molar-refractivity contribution in [3.8, 4) is 0 Å². The zero-order valence-corrected chi connectivity index (χ0v) is 12.2. The van der Waals surface area contributed by atoms with E-state index in [1.54, 1.807) is 11.3 Å². The van der Waals surface area contributed by atoms with Crippen LogP contribution in [0.2, 0.25) is 0 Å². The Balaban J connectivity index is 2.33. The van der Waals surface area contributed by atoms with Crippen LogP contribution in [-0.4, -0.2) is 31.1 Å². The maximum Gasteiger partial charge on any atom is 0.0300 e. The minimum atomic E-state index is 0.203. The molecule has 15 heavy (non-hydrogen) atoms. The lowest BCUT2D eigenvalue weighted by Gasteiger charge is -2.32. The molecule has 86 valence electrons. The van der Waals surface area contributed by atoms with E-state index in [0.717, 1.165) is 13.1 Å². The summed E-state index contributed by atoms with van der Waals surface area (Å²) < 4.78 is 1.18. The third-order valence-corrected chi connectivity index (χ3v) is 4.39. The summed E-state index contributed by atoms with van der Waals surface area (Å²) in [6, 6.07) is 2.17. The Bertz CT molecular complexity index is 307. The van der Waals surface area contributed by atoms with Gasteiger partial charge >= 0.3 is 0 Å². The van der Waals surface area contributed by atoms with Crippen molar-refractivity contribution >= 4 is 27.3 Å². The number of thiophene rings is 1. The van der Waals surface area contributed by atoms with Crippen LogP contribution in [0.4, 0.5) is 0 Å². The molecule has 1 heterocycles. The van der Waals surface area contributed by atoms with Gasteiger partial charge in [0.2, 0.25) is 0 Å².